The summed E-state index contributed by atoms with van der Waals surface area (Å²) >= 11 is 0. The molecule has 1 aliphatic rings. The minimum absolute atomic E-state index is 0.324. The minimum atomic E-state index is -0.324. The molecule has 0 radical (unpaired) electrons. The summed E-state index contributed by atoms with van der Waals surface area (Å²) in [5.41, 5.74) is 7.44. The van der Waals surface area contributed by atoms with Crippen molar-refractivity contribution in [1.82, 2.24) is 0 Å². The lowest BCUT2D eigenvalue weighted by Crippen LogP contribution is -2.28. The molecule has 0 fully saturated rings. The summed E-state index contributed by atoms with van der Waals surface area (Å²) in [6, 6.07) is 30.4. The molecule has 0 atom stereocenters. The third-order valence-corrected chi connectivity index (χ3v) is 5.30. The summed E-state index contributed by atoms with van der Waals surface area (Å²) in [5, 5.41) is 0. The molecule has 126 valence electrons. The van der Waals surface area contributed by atoms with Crippen LogP contribution < -0.4 is 0 Å². The van der Waals surface area contributed by atoms with Gasteiger partial charge in [0.2, 0.25) is 0 Å². The molecule has 4 rings (SSSR count). The first kappa shape index (κ1) is 16.4. The van der Waals surface area contributed by atoms with E-state index in [-0.39, 0.29) is 5.41 Å². The molecule has 0 nitrogen and oxygen atoms in total. The molecule has 0 N–H and O–H groups in total. The van der Waals surface area contributed by atoms with Gasteiger partial charge in [0.15, 0.2) is 0 Å². The molecular weight excluding hydrogens is 312 g/mol. The van der Waals surface area contributed by atoms with E-state index >= 15 is 0 Å². The summed E-state index contributed by atoms with van der Waals surface area (Å²) in [6.07, 6.45) is 6.31. The van der Waals surface area contributed by atoms with Gasteiger partial charge in [-0.3, -0.25) is 0 Å². The van der Waals surface area contributed by atoms with E-state index in [2.05, 4.69) is 111 Å². The van der Waals surface area contributed by atoms with Gasteiger partial charge in [0, 0.05) is 0 Å². The lowest BCUT2D eigenvalue weighted by atomic mass is 9.67. The van der Waals surface area contributed by atoms with Crippen molar-refractivity contribution >= 4 is 5.57 Å². The van der Waals surface area contributed by atoms with Gasteiger partial charge in [-0.25, -0.2) is 0 Å². The molecular formula is C26H22. The van der Waals surface area contributed by atoms with E-state index in [1.807, 2.05) is 6.08 Å². The normalized spacial score (nSPS) is 18.0. The lowest BCUT2D eigenvalue weighted by Gasteiger charge is -2.34. The summed E-state index contributed by atoms with van der Waals surface area (Å²) in [5.74, 6) is 0. The Labute approximate surface area is 155 Å². The highest BCUT2D eigenvalue weighted by atomic mass is 14.5. The molecule has 1 aliphatic carbocycles. The van der Waals surface area contributed by atoms with Gasteiger partial charge in [0.05, 0.1) is 5.41 Å². The van der Waals surface area contributed by atoms with Gasteiger partial charge in [-0.05, 0) is 40.3 Å². The fourth-order valence-electron chi connectivity index (χ4n) is 4.35. The monoisotopic (exact) mass is 334 g/mol. The number of fused-ring (bicyclic) bond motifs is 1. The van der Waals surface area contributed by atoms with Crippen molar-refractivity contribution in [3.05, 3.63) is 138 Å². The molecule has 0 heteroatoms. The van der Waals surface area contributed by atoms with Crippen LogP contribution in [0.25, 0.3) is 5.57 Å². The highest BCUT2D eigenvalue weighted by Crippen LogP contribution is 2.56. The van der Waals surface area contributed by atoms with Crippen LogP contribution in [0.2, 0.25) is 0 Å². The molecule has 0 saturated heterocycles. The molecule has 0 heterocycles. The van der Waals surface area contributed by atoms with Crippen LogP contribution >= 0.6 is 0 Å². The molecule has 0 spiro atoms. The maximum Gasteiger partial charge on any atom is 0.0713 e. The van der Waals surface area contributed by atoms with Crippen molar-refractivity contribution in [3.8, 4) is 0 Å². The topological polar surface area (TPSA) is 0 Å². The Morgan fingerprint density at radius 3 is 1.81 bits per heavy atom. The Morgan fingerprint density at radius 2 is 1.27 bits per heavy atom. The summed E-state index contributed by atoms with van der Waals surface area (Å²) in [6.45, 7) is 6.13. The zero-order valence-corrected chi connectivity index (χ0v) is 15.0. The first-order valence-corrected chi connectivity index (χ1v) is 9.04. The Morgan fingerprint density at radius 1 is 0.731 bits per heavy atom. The second-order valence-corrected chi connectivity index (χ2v) is 6.55. The average Bonchev–Trinajstić information content (AvgIpc) is 3.00. The standard InChI is InChI=1S/C26H22/c1-3-13-24-22(4-2)23-18-11-12-19-25(23)26(24,20-14-7-5-8-15-20)21-16-9-6-10-17-21/h3-19H,1H2,2H3/b22-4-,24-13+. The van der Waals surface area contributed by atoms with Gasteiger partial charge in [0.1, 0.15) is 0 Å². The first-order valence-electron chi connectivity index (χ1n) is 9.04. The van der Waals surface area contributed by atoms with E-state index in [4.69, 9.17) is 0 Å². The zero-order valence-electron chi connectivity index (χ0n) is 15.0. The van der Waals surface area contributed by atoms with Gasteiger partial charge >= 0.3 is 0 Å². The van der Waals surface area contributed by atoms with Crippen LogP contribution in [0.3, 0.4) is 0 Å². The second kappa shape index (κ2) is 6.65. The van der Waals surface area contributed by atoms with Gasteiger partial charge in [-0.2, -0.15) is 0 Å². The molecule has 0 aromatic heterocycles. The summed E-state index contributed by atoms with van der Waals surface area (Å²) < 4.78 is 0. The van der Waals surface area contributed by atoms with E-state index in [1.54, 1.807) is 0 Å². The Kier molecular flexibility index (Phi) is 4.18. The molecule has 26 heavy (non-hydrogen) atoms. The van der Waals surface area contributed by atoms with E-state index < -0.39 is 0 Å². The molecule has 0 bridgehead atoms. The van der Waals surface area contributed by atoms with Gasteiger partial charge in [-0.15, -0.1) is 0 Å². The molecule has 3 aromatic carbocycles. The van der Waals surface area contributed by atoms with Crippen LogP contribution in [0.15, 0.2) is 115 Å². The maximum atomic E-state index is 4.01. The van der Waals surface area contributed by atoms with Gasteiger partial charge in [0.25, 0.3) is 0 Å². The number of rotatable bonds is 3. The highest BCUT2D eigenvalue weighted by Gasteiger charge is 2.47. The Bertz CT molecular complexity index is 949. The zero-order chi connectivity index (χ0) is 18.0. The van der Waals surface area contributed by atoms with Gasteiger partial charge in [-0.1, -0.05) is 110 Å². The summed E-state index contributed by atoms with van der Waals surface area (Å²) in [4.78, 5) is 0. The SMILES string of the molecule is C=C/C=C1\C(=C/C)c2ccccc2C1(c1ccccc1)c1ccccc1. The predicted octanol–water partition coefficient (Wildman–Crippen LogP) is 6.55. The third kappa shape index (κ3) is 2.23. The van der Waals surface area contributed by atoms with E-state index in [9.17, 15) is 0 Å². The second-order valence-electron chi connectivity index (χ2n) is 6.55. The van der Waals surface area contributed by atoms with Crippen LogP contribution in [-0.2, 0) is 5.41 Å². The van der Waals surface area contributed by atoms with Crippen molar-refractivity contribution in [2.75, 3.05) is 0 Å². The van der Waals surface area contributed by atoms with Crippen LogP contribution in [-0.4, -0.2) is 0 Å². The fraction of sp³-hybridized carbons (Fsp3) is 0.0769. The molecule has 0 unspecified atom stereocenters. The predicted molar refractivity (Wildman–Crippen MR) is 111 cm³/mol. The smallest absolute Gasteiger partial charge is 0.0713 e. The number of benzene rings is 3. The van der Waals surface area contributed by atoms with Crippen molar-refractivity contribution in [2.45, 2.75) is 12.3 Å². The largest absolute Gasteiger partial charge is 0.0991 e. The van der Waals surface area contributed by atoms with E-state index in [1.165, 1.54) is 33.4 Å². The fourth-order valence-corrected chi connectivity index (χ4v) is 4.35. The van der Waals surface area contributed by atoms with Crippen molar-refractivity contribution < 1.29 is 0 Å². The average molecular weight is 334 g/mol. The number of hydrogen-bond acceptors (Lipinski definition) is 0. The first-order chi connectivity index (χ1) is 12.8. The van der Waals surface area contributed by atoms with Crippen molar-refractivity contribution in [2.24, 2.45) is 0 Å². The molecule has 0 saturated carbocycles. The molecule has 0 amide bonds. The molecule has 3 aromatic rings. The lowest BCUT2D eigenvalue weighted by molar-refractivity contribution is 0.769. The van der Waals surface area contributed by atoms with Crippen molar-refractivity contribution in [3.63, 3.8) is 0 Å². The van der Waals surface area contributed by atoms with Gasteiger partial charge < -0.3 is 0 Å². The summed E-state index contributed by atoms with van der Waals surface area (Å²) in [7, 11) is 0. The molecule has 0 aliphatic heterocycles. The Balaban J connectivity index is 2.20. The van der Waals surface area contributed by atoms with Crippen LogP contribution in [0.5, 0.6) is 0 Å². The Hall–Kier alpha value is -3.12. The number of hydrogen-bond donors (Lipinski definition) is 0. The van der Waals surface area contributed by atoms with E-state index in [0.29, 0.717) is 0 Å². The van der Waals surface area contributed by atoms with E-state index in [0.717, 1.165) is 0 Å². The maximum absolute atomic E-state index is 4.01. The quantitative estimate of drug-likeness (QED) is 0.509. The highest BCUT2D eigenvalue weighted by molar-refractivity contribution is 5.94. The van der Waals surface area contributed by atoms with Crippen LogP contribution in [0.1, 0.15) is 29.2 Å². The van der Waals surface area contributed by atoms with Crippen molar-refractivity contribution in [1.29, 1.82) is 0 Å². The third-order valence-electron chi connectivity index (χ3n) is 5.30. The number of allylic oxidation sites excluding steroid dienone is 5. The van der Waals surface area contributed by atoms with Crippen LogP contribution in [0, 0.1) is 0 Å². The van der Waals surface area contributed by atoms with Crippen LogP contribution in [0.4, 0.5) is 0 Å². The minimum Gasteiger partial charge on any atom is -0.0991 e.